The molecule has 10 heteroatoms. The Hall–Kier alpha value is -2.68. The summed E-state index contributed by atoms with van der Waals surface area (Å²) in [6.07, 6.45) is 0. The van der Waals surface area contributed by atoms with Crippen molar-refractivity contribution in [2.45, 2.75) is 4.90 Å². The van der Waals surface area contributed by atoms with Crippen LogP contribution >= 0.6 is 23.2 Å². The Morgan fingerprint density at radius 3 is 2.27 bits per heavy atom. The van der Waals surface area contributed by atoms with Crippen molar-refractivity contribution in [2.75, 3.05) is 16.7 Å². The smallest absolute Gasteiger partial charge is 0.265 e. The first-order valence-corrected chi connectivity index (χ1v) is 10.6. The van der Waals surface area contributed by atoms with Crippen LogP contribution in [-0.4, -0.2) is 21.4 Å². The van der Waals surface area contributed by atoms with Crippen molar-refractivity contribution in [1.29, 1.82) is 0 Å². The molecule has 0 spiro atoms. The molecule has 1 N–H and O–H groups in total. The lowest BCUT2D eigenvalue weighted by molar-refractivity contribution is 0.102. The lowest BCUT2D eigenvalue weighted by Gasteiger charge is -2.20. The number of hydrogen-bond acceptors (Lipinski definition) is 3. The van der Waals surface area contributed by atoms with Crippen LogP contribution in [0.2, 0.25) is 10.0 Å². The highest BCUT2D eigenvalue weighted by Crippen LogP contribution is 2.29. The molecule has 0 atom stereocenters. The van der Waals surface area contributed by atoms with Gasteiger partial charge in [0.25, 0.3) is 15.9 Å². The molecule has 0 heterocycles. The van der Waals surface area contributed by atoms with E-state index in [9.17, 15) is 22.0 Å². The van der Waals surface area contributed by atoms with E-state index >= 15 is 0 Å². The molecule has 30 heavy (non-hydrogen) atoms. The van der Waals surface area contributed by atoms with E-state index in [2.05, 4.69) is 5.32 Å². The highest BCUT2D eigenvalue weighted by atomic mass is 35.5. The van der Waals surface area contributed by atoms with Crippen LogP contribution in [0.1, 0.15) is 10.4 Å². The molecular formula is C20H14Cl2F2N2O3S. The van der Waals surface area contributed by atoms with Crippen LogP contribution in [0.4, 0.5) is 20.2 Å². The zero-order valence-electron chi connectivity index (χ0n) is 15.4. The Bertz CT molecular complexity index is 1220. The SMILES string of the molecule is CN(c1ccc(Cl)cc1)S(=O)(=O)c1cc(C(=O)Nc2ccc(F)cc2F)ccc1Cl. The maximum absolute atomic E-state index is 13.8. The molecule has 0 saturated carbocycles. The van der Waals surface area contributed by atoms with E-state index in [0.717, 1.165) is 22.5 Å². The number of sulfonamides is 1. The zero-order valence-corrected chi connectivity index (χ0v) is 17.7. The fraction of sp³-hybridized carbons (Fsp3) is 0.0500. The van der Waals surface area contributed by atoms with Crippen molar-refractivity contribution in [3.8, 4) is 0 Å². The van der Waals surface area contributed by atoms with Gasteiger partial charge >= 0.3 is 0 Å². The molecule has 0 aliphatic heterocycles. The van der Waals surface area contributed by atoms with E-state index in [-0.39, 0.29) is 21.2 Å². The summed E-state index contributed by atoms with van der Waals surface area (Å²) >= 11 is 11.9. The lowest BCUT2D eigenvalue weighted by atomic mass is 10.2. The molecule has 0 saturated heterocycles. The molecule has 0 aliphatic rings. The molecule has 3 aromatic rings. The van der Waals surface area contributed by atoms with E-state index in [1.807, 2.05) is 0 Å². The number of carbonyl (C=O) groups excluding carboxylic acids is 1. The van der Waals surface area contributed by atoms with Crippen molar-refractivity contribution in [1.82, 2.24) is 0 Å². The van der Waals surface area contributed by atoms with Crippen LogP contribution in [-0.2, 0) is 10.0 Å². The third-order valence-corrected chi connectivity index (χ3v) is 6.72. The van der Waals surface area contributed by atoms with Crippen molar-refractivity contribution in [3.05, 3.63) is 87.9 Å². The average Bonchev–Trinajstić information content (AvgIpc) is 2.70. The quantitative estimate of drug-likeness (QED) is 0.546. The fourth-order valence-corrected chi connectivity index (χ4v) is 4.39. The summed E-state index contributed by atoms with van der Waals surface area (Å²) in [7, 11) is -2.79. The Balaban J connectivity index is 1.94. The minimum Gasteiger partial charge on any atom is -0.319 e. The van der Waals surface area contributed by atoms with E-state index in [0.29, 0.717) is 16.8 Å². The first kappa shape index (κ1) is 22.0. The Morgan fingerprint density at radius 1 is 0.967 bits per heavy atom. The summed E-state index contributed by atoms with van der Waals surface area (Å²) in [5, 5.41) is 2.61. The molecule has 3 aromatic carbocycles. The highest BCUT2D eigenvalue weighted by molar-refractivity contribution is 7.93. The molecule has 5 nitrogen and oxygen atoms in total. The van der Waals surface area contributed by atoms with E-state index < -0.39 is 27.6 Å². The van der Waals surface area contributed by atoms with Crippen LogP contribution in [0, 0.1) is 11.6 Å². The fourth-order valence-electron chi connectivity index (χ4n) is 2.56. The summed E-state index contributed by atoms with van der Waals surface area (Å²) in [5.41, 5.74) is 0.00366. The van der Waals surface area contributed by atoms with Gasteiger partial charge in [-0.1, -0.05) is 23.2 Å². The predicted molar refractivity (Wildman–Crippen MR) is 113 cm³/mol. The third kappa shape index (κ3) is 4.56. The summed E-state index contributed by atoms with van der Waals surface area (Å²) in [4.78, 5) is 12.2. The second-order valence-electron chi connectivity index (χ2n) is 6.17. The van der Waals surface area contributed by atoms with Gasteiger partial charge in [-0.05, 0) is 54.6 Å². The summed E-state index contributed by atoms with van der Waals surface area (Å²) in [6, 6.07) is 12.4. The van der Waals surface area contributed by atoms with Gasteiger partial charge in [-0.25, -0.2) is 17.2 Å². The van der Waals surface area contributed by atoms with Gasteiger partial charge in [0.15, 0.2) is 0 Å². The number of benzene rings is 3. The van der Waals surface area contributed by atoms with Gasteiger partial charge < -0.3 is 5.32 Å². The van der Waals surface area contributed by atoms with Crippen molar-refractivity contribution >= 4 is 50.5 Å². The molecule has 0 aromatic heterocycles. The topological polar surface area (TPSA) is 66.5 Å². The molecular weight excluding hydrogens is 457 g/mol. The normalized spacial score (nSPS) is 11.2. The Morgan fingerprint density at radius 2 is 1.63 bits per heavy atom. The number of hydrogen-bond donors (Lipinski definition) is 1. The van der Waals surface area contributed by atoms with Crippen LogP contribution in [0.5, 0.6) is 0 Å². The maximum Gasteiger partial charge on any atom is 0.265 e. The van der Waals surface area contributed by atoms with Crippen molar-refractivity contribution < 1.29 is 22.0 Å². The number of carbonyl (C=O) groups is 1. The Labute approximate surface area is 181 Å². The van der Waals surface area contributed by atoms with Gasteiger partial charge in [0, 0.05) is 23.7 Å². The van der Waals surface area contributed by atoms with Gasteiger partial charge in [0.1, 0.15) is 16.5 Å². The van der Waals surface area contributed by atoms with Crippen molar-refractivity contribution in [2.24, 2.45) is 0 Å². The van der Waals surface area contributed by atoms with E-state index in [1.54, 1.807) is 0 Å². The molecule has 0 radical (unpaired) electrons. The summed E-state index contributed by atoms with van der Waals surface area (Å²) < 4.78 is 53.9. The average molecular weight is 471 g/mol. The van der Waals surface area contributed by atoms with Crippen LogP contribution in [0.3, 0.4) is 0 Å². The minimum atomic E-state index is -4.12. The van der Waals surface area contributed by atoms with Gasteiger partial charge in [-0.15, -0.1) is 0 Å². The number of halogens is 4. The minimum absolute atomic E-state index is 0.0776. The van der Waals surface area contributed by atoms with E-state index in [4.69, 9.17) is 23.2 Å². The Kier molecular flexibility index (Phi) is 6.30. The predicted octanol–water partition coefficient (Wildman–Crippen LogP) is 5.35. The second-order valence-corrected chi connectivity index (χ2v) is 8.95. The largest absolute Gasteiger partial charge is 0.319 e. The number of anilines is 2. The van der Waals surface area contributed by atoms with Gasteiger partial charge in [0.2, 0.25) is 0 Å². The molecule has 1 amide bonds. The number of nitrogens with one attached hydrogen (secondary N) is 1. The standard InChI is InChI=1S/C20H14Cl2F2N2O3S/c1-26(15-6-3-13(21)4-7-15)30(28,29)19-10-12(2-8-16(19)22)20(27)25-18-9-5-14(23)11-17(18)24/h2-11H,1H3,(H,25,27). The monoisotopic (exact) mass is 470 g/mol. The van der Waals surface area contributed by atoms with Crippen LogP contribution in [0.15, 0.2) is 65.6 Å². The molecule has 0 fully saturated rings. The first-order valence-electron chi connectivity index (χ1n) is 8.40. The molecule has 0 aliphatic carbocycles. The number of rotatable bonds is 5. The van der Waals surface area contributed by atoms with Crippen LogP contribution < -0.4 is 9.62 Å². The number of amides is 1. The van der Waals surface area contributed by atoms with Crippen LogP contribution in [0.25, 0.3) is 0 Å². The first-order chi connectivity index (χ1) is 14.1. The van der Waals surface area contributed by atoms with Gasteiger partial charge in [-0.2, -0.15) is 0 Å². The summed E-state index contributed by atoms with van der Waals surface area (Å²) in [6.45, 7) is 0. The lowest BCUT2D eigenvalue weighted by Crippen LogP contribution is -2.27. The third-order valence-electron chi connectivity index (χ3n) is 4.20. The molecule has 3 rings (SSSR count). The molecule has 156 valence electrons. The maximum atomic E-state index is 13.8. The van der Waals surface area contributed by atoms with Crippen molar-refractivity contribution in [3.63, 3.8) is 0 Å². The number of nitrogens with zero attached hydrogens (tertiary/aromatic N) is 1. The zero-order chi connectivity index (χ0) is 22.1. The van der Waals surface area contributed by atoms with E-state index in [1.165, 1.54) is 43.4 Å². The molecule has 0 unspecified atom stereocenters. The molecule has 0 bridgehead atoms. The highest BCUT2D eigenvalue weighted by Gasteiger charge is 2.25. The van der Waals surface area contributed by atoms with Gasteiger partial charge in [0.05, 0.1) is 16.4 Å². The van der Waals surface area contributed by atoms with Gasteiger partial charge in [-0.3, -0.25) is 9.10 Å². The second kappa shape index (κ2) is 8.59. The summed E-state index contributed by atoms with van der Waals surface area (Å²) in [5.74, 6) is -2.55.